The van der Waals surface area contributed by atoms with Crippen LogP contribution in [0.5, 0.6) is 0 Å². The maximum atomic E-state index is 4.74. The first-order valence-electron chi connectivity index (χ1n) is 8.02. The number of aromatic nitrogens is 1. The lowest BCUT2D eigenvalue weighted by molar-refractivity contribution is 0.141. The molecule has 2 saturated carbocycles. The Hall–Kier alpha value is -0.410. The molecule has 1 aromatic rings. The number of fused-ring (bicyclic) bond motifs is 2. The summed E-state index contributed by atoms with van der Waals surface area (Å²) in [6.45, 7) is 10.1. The van der Waals surface area contributed by atoms with Crippen LogP contribution in [0, 0.1) is 24.2 Å². The largest absolute Gasteiger partial charge is 0.311 e. The zero-order chi connectivity index (χ0) is 14.4. The van der Waals surface area contributed by atoms with Crippen molar-refractivity contribution in [1.29, 1.82) is 0 Å². The molecule has 2 fully saturated rings. The summed E-state index contributed by atoms with van der Waals surface area (Å²) in [6, 6.07) is 0. The summed E-state index contributed by atoms with van der Waals surface area (Å²) in [7, 11) is 0. The zero-order valence-electron chi connectivity index (χ0n) is 13.3. The summed E-state index contributed by atoms with van der Waals surface area (Å²) in [4.78, 5) is 4.74. The molecule has 3 rings (SSSR count). The van der Waals surface area contributed by atoms with Gasteiger partial charge in [0.05, 0.1) is 10.7 Å². The zero-order valence-corrected chi connectivity index (χ0v) is 14.1. The van der Waals surface area contributed by atoms with Gasteiger partial charge in [0.25, 0.3) is 0 Å². The normalized spacial score (nSPS) is 33.0. The van der Waals surface area contributed by atoms with Gasteiger partial charge in [-0.3, -0.25) is 0 Å². The Kier molecular flexibility index (Phi) is 3.70. The smallest absolute Gasteiger partial charge is 0.0897 e. The van der Waals surface area contributed by atoms with Crippen LogP contribution in [0.2, 0.25) is 0 Å². The van der Waals surface area contributed by atoms with E-state index in [2.05, 4.69) is 38.4 Å². The summed E-state index contributed by atoms with van der Waals surface area (Å²) in [5, 5.41) is 7.28. The van der Waals surface area contributed by atoms with Gasteiger partial charge in [0.1, 0.15) is 0 Å². The SMILES string of the molecule is Cc1nc(CC2(CNC(C)(C)C)CC3CCC2C3)cs1. The van der Waals surface area contributed by atoms with Crippen molar-refractivity contribution in [2.45, 2.75) is 65.3 Å². The average Bonchev–Trinajstić information content (AvgIpc) is 3.02. The van der Waals surface area contributed by atoms with E-state index in [1.807, 2.05) is 0 Å². The van der Waals surface area contributed by atoms with E-state index in [1.165, 1.54) is 42.8 Å². The molecule has 0 radical (unpaired) electrons. The Balaban J connectivity index is 1.77. The molecule has 1 N–H and O–H groups in total. The molecule has 112 valence electrons. The lowest BCUT2D eigenvalue weighted by atomic mass is 9.70. The number of aryl methyl sites for hydroxylation is 1. The first-order valence-corrected chi connectivity index (χ1v) is 8.90. The molecule has 0 aromatic carbocycles. The Bertz CT molecular complexity index is 474. The minimum absolute atomic E-state index is 0.215. The van der Waals surface area contributed by atoms with Crippen molar-refractivity contribution < 1.29 is 0 Å². The Morgan fingerprint density at radius 2 is 2.20 bits per heavy atom. The van der Waals surface area contributed by atoms with Crippen LogP contribution in [-0.4, -0.2) is 17.1 Å². The molecule has 2 bridgehead atoms. The first kappa shape index (κ1) is 14.5. The lowest BCUT2D eigenvalue weighted by Gasteiger charge is -2.40. The van der Waals surface area contributed by atoms with Gasteiger partial charge in [-0.05, 0) is 70.6 Å². The van der Waals surface area contributed by atoms with Crippen LogP contribution in [0.4, 0.5) is 0 Å². The van der Waals surface area contributed by atoms with Crippen LogP contribution in [0.25, 0.3) is 0 Å². The number of rotatable bonds is 4. The quantitative estimate of drug-likeness (QED) is 0.900. The van der Waals surface area contributed by atoms with E-state index in [-0.39, 0.29) is 5.54 Å². The van der Waals surface area contributed by atoms with E-state index in [0.29, 0.717) is 5.41 Å². The Labute approximate surface area is 127 Å². The predicted molar refractivity (Wildman–Crippen MR) is 86.2 cm³/mol. The Morgan fingerprint density at radius 1 is 1.40 bits per heavy atom. The van der Waals surface area contributed by atoms with E-state index in [0.717, 1.165) is 18.4 Å². The predicted octanol–water partition coefficient (Wildman–Crippen LogP) is 4.19. The second-order valence-electron chi connectivity index (χ2n) is 8.08. The number of nitrogens with zero attached hydrogens (tertiary/aromatic N) is 1. The van der Waals surface area contributed by atoms with Crippen molar-refractivity contribution in [1.82, 2.24) is 10.3 Å². The van der Waals surface area contributed by atoms with Crippen molar-refractivity contribution in [3.8, 4) is 0 Å². The Morgan fingerprint density at radius 3 is 2.70 bits per heavy atom. The van der Waals surface area contributed by atoms with Crippen molar-refractivity contribution in [2.24, 2.45) is 17.3 Å². The van der Waals surface area contributed by atoms with E-state index < -0.39 is 0 Å². The van der Waals surface area contributed by atoms with Gasteiger partial charge in [-0.15, -0.1) is 11.3 Å². The van der Waals surface area contributed by atoms with E-state index >= 15 is 0 Å². The molecule has 3 unspecified atom stereocenters. The highest BCUT2D eigenvalue weighted by molar-refractivity contribution is 7.09. The minimum atomic E-state index is 0.215. The van der Waals surface area contributed by atoms with Crippen LogP contribution in [0.1, 0.15) is 57.2 Å². The van der Waals surface area contributed by atoms with Crippen LogP contribution in [0.3, 0.4) is 0 Å². The van der Waals surface area contributed by atoms with Gasteiger partial charge in [-0.1, -0.05) is 6.42 Å². The first-order chi connectivity index (χ1) is 9.36. The average molecular weight is 292 g/mol. The topological polar surface area (TPSA) is 24.9 Å². The highest BCUT2D eigenvalue weighted by Crippen LogP contribution is 2.57. The van der Waals surface area contributed by atoms with Crippen LogP contribution >= 0.6 is 11.3 Å². The third-order valence-electron chi connectivity index (χ3n) is 5.27. The van der Waals surface area contributed by atoms with Gasteiger partial charge in [-0.25, -0.2) is 4.98 Å². The van der Waals surface area contributed by atoms with Crippen LogP contribution in [-0.2, 0) is 6.42 Å². The standard InChI is InChI=1S/C17H28N2S/c1-12-19-15(10-20-12)9-17(11-18-16(2,3)4)8-13-5-6-14(17)7-13/h10,13-14,18H,5-9,11H2,1-4H3. The van der Waals surface area contributed by atoms with E-state index in [4.69, 9.17) is 4.98 Å². The fourth-order valence-corrected chi connectivity index (χ4v) is 4.96. The number of hydrogen-bond donors (Lipinski definition) is 1. The second kappa shape index (κ2) is 5.10. The maximum Gasteiger partial charge on any atom is 0.0897 e. The molecular weight excluding hydrogens is 264 g/mol. The van der Waals surface area contributed by atoms with Crippen molar-refractivity contribution in [3.63, 3.8) is 0 Å². The van der Waals surface area contributed by atoms with Crippen LogP contribution < -0.4 is 5.32 Å². The molecule has 3 heteroatoms. The number of nitrogens with one attached hydrogen (secondary N) is 1. The van der Waals surface area contributed by atoms with Gasteiger partial charge in [-0.2, -0.15) is 0 Å². The van der Waals surface area contributed by atoms with Crippen molar-refractivity contribution >= 4 is 11.3 Å². The maximum absolute atomic E-state index is 4.74. The molecule has 2 nitrogen and oxygen atoms in total. The second-order valence-corrected chi connectivity index (χ2v) is 9.14. The molecule has 2 aliphatic carbocycles. The van der Waals surface area contributed by atoms with E-state index in [9.17, 15) is 0 Å². The molecule has 1 heterocycles. The number of hydrogen-bond acceptors (Lipinski definition) is 3. The van der Waals surface area contributed by atoms with Gasteiger partial charge >= 0.3 is 0 Å². The molecule has 20 heavy (non-hydrogen) atoms. The number of thiazole rings is 1. The fourth-order valence-electron chi connectivity index (χ4n) is 4.34. The molecule has 0 amide bonds. The molecule has 3 atom stereocenters. The lowest BCUT2D eigenvalue weighted by Crippen LogP contribution is -2.47. The molecule has 0 saturated heterocycles. The molecular formula is C17H28N2S. The summed E-state index contributed by atoms with van der Waals surface area (Å²) in [6.07, 6.45) is 6.98. The summed E-state index contributed by atoms with van der Waals surface area (Å²) in [5.74, 6) is 1.91. The van der Waals surface area contributed by atoms with Gasteiger partial charge in [0.2, 0.25) is 0 Å². The fraction of sp³-hybridized carbons (Fsp3) is 0.824. The monoisotopic (exact) mass is 292 g/mol. The van der Waals surface area contributed by atoms with Gasteiger partial charge in [0, 0.05) is 17.5 Å². The molecule has 2 aliphatic rings. The molecule has 0 aliphatic heterocycles. The van der Waals surface area contributed by atoms with E-state index in [1.54, 1.807) is 11.3 Å². The minimum Gasteiger partial charge on any atom is -0.311 e. The summed E-state index contributed by atoms with van der Waals surface area (Å²) >= 11 is 1.80. The summed E-state index contributed by atoms with van der Waals surface area (Å²) < 4.78 is 0. The highest BCUT2D eigenvalue weighted by Gasteiger charge is 2.50. The third kappa shape index (κ3) is 2.94. The highest BCUT2D eigenvalue weighted by atomic mass is 32.1. The molecule has 0 spiro atoms. The van der Waals surface area contributed by atoms with Gasteiger partial charge < -0.3 is 5.32 Å². The molecule has 1 aromatic heterocycles. The van der Waals surface area contributed by atoms with Gasteiger partial charge in [0.15, 0.2) is 0 Å². The van der Waals surface area contributed by atoms with Crippen molar-refractivity contribution in [2.75, 3.05) is 6.54 Å². The summed E-state index contributed by atoms with van der Waals surface area (Å²) in [5.41, 5.74) is 2.01. The third-order valence-corrected chi connectivity index (χ3v) is 6.10. The van der Waals surface area contributed by atoms with Crippen molar-refractivity contribution in [3.05, 3.63) is 16.1 Å². The van der Waals surface area contributed by atoms with Crippen LogP contribution in [0.15, 0.2) is 5.38 Å².